The molecule has 2 aromatic heterocycles. The first-order valence-corrected chi connectivity index (χ1v) is 13.6. The number of hydrogen-bond donors (Lipinski definition) is 3. The molecule has 2 aromatic carbocycles. The molecule has 0 saturated heterocycles. The molecule has 0 saturated carbocycles. The number of carbonyl (C=O) groups is 1. The summed E-state index contributed by atoms with van der Waals surface area (Å²) in [5, 5.41) is 6.80. The highest BCUT2D eigenvalue weighted by molar-refractivity contribution is 6.02. The van der Waals surface area contributed by atoms with Crippen molar-refractivity contribution < 1.29 is 9.53 Å². The summed E-state index contributed by atoms with van der Waals surface area (Å²) in [6.45, 7) is 10.9. The summed E-state index contributed by atoms with van der Waals surface area (Å²) in [6, 6.07) is 12.2. The van der Waals surface area contributed by atoms with Gasteiger partial charge < -0.3 is 30.9 Å². The van der Waals surface area contributed by atoms with Crippen LogP contribution in [0.3, 0.4) is 0 Å². The molecule has 0 unspecified atom stereocenters. The zero-order chi connectivity index (χ0) is 31.0. The maximum absolute atomic E-state index is 13.1. The van der Waals surface area contributed by atoms with E-state index < -0.39 is 0 Å². The first kappa shape index (κ1) is 31.6. The van der Waals surface area contributed by atoms with Crippen LogP contribution in [0.1, 0.15) is 19.4 Å². The van der Waals surface area contributed by atoms with Crippen LogP contribution in [-0.4, -0.2) is 66.7 Å². The number of aromatic nitrogens is 3. The Kier molecular flexibility index (Phi) is 10.6. The molecule has 1 amide bonds. The smallest absolute Gasteiger partial charge is 0.257 e. The number of methoxy groups -OCH3 is 1. The highest BCUT2D eigenvalue weighted by atomic mass is 16.5. The van der Waals surface area contributed by atoms with Crippen LogP contribution in [0.2, 0.25) is 0 Å². The molecule has 0 aliphatic rings. The zero-order valence-corrected chi connectivity index (χ0v) is 25.4. The maximum Gasteiger partial charge on any atom is 0.257 e. The van der Waals surface area contributed by atoms with E-state index in [0.717, 1.165) is 23.2 Å². The molecule has 0 fully saturated rings. The lowest BCUT2D eigenvalue weighted by Gasteiger charge is -2.26. The molecular formula is C31H40N8O3. The highest BCUT2D eigenvalue weighted by Crippen LogP contribution is 2.38. The van der Waals surface area contributed by atoms with E-state index in [1.54, 1.807) is 49.7 Å². The van der Waals surface area contributed by atoms with Crippen LogP contribution in [0.25, 0.3) is 16.7 Å². The Bertz CT molecular complexity index is 1630. The minimum atomic E-state index is -0.345. The molecular weight excluding hydrogens is 532 g/mol. The number of ether oxygens (including phenoxy) is 1. The molecule has 0 radical (unpaired) electrons. The topological polar surface area (TPSA) is 131 Å². The second-order valence-corrected chi connectivity index (χ2v) is 9.64. The minimum Gasteiger partial charge on any atom is -0.494 e. The van der Waals surface area contributed by atoms with Gasteiger partial charge in [-0.25, -0.2) is 4.98 Å². The lowest BCUT2D eigenvalue weighted by Crippen LogP contribution is -2.29. The molecule has 4 rings (SSSR count). The van der Waals surface area contributed by atoms with Gasteiger partial charge >= 0.3 is 0 Å². The summed E-state index contributed by atoms with van der Waals surface area (Å²) < 4.78 is 7.20. The number of likely N-dealkylation sites (N-methyl/N-ethyl adjacent to an activating group) is 2. The molecule has 0 atom stereocenters. The molecule has 4 N–H and O–H groups in total. The third kappa shape index (κ3) is 7.24. The van der Waals surface area contributed by atoms with Gasteiger partial charge in [0.15, 0.2) is 5.65 Å². The molecule has 0 aliphatic carbocycles. The van der Waals surface area contributed by atoms with Crippen LogP contribution >= 0.6 is 0 Å². The van der Waals surface area contributed by atoms with Crippen LogP contribution in [0.5, 0.6) is 5.75 Å². The van der Waals surface area contributed by atoms with Crippen molar-refractivity contribution in [2.24, 2.45) is 0 Å². The van der Waals surface area contributed by atoms with E-state index in [4.69, 9.17) is 15.5 Å². The van der Waals surface area contributed by atoms with Gasteiger partial charge in [0.2, 0.25) is 11.9 Å². The van der Waals surface area contributed by atoms with E-state index in [2.05, 4.69) is 27.1 Å². The fourth-order valence-electron chi connectivity index (χ4n) is 4.25. The molecule has 2 heterocycles. The normalized spacial score (nSPS) is 10.6. The van der Waals surface area contributed by atoms with Crippen LogP contribution in [0.4, 0.5) is 28.7 Å². The number of hydrogen-bond acceptors (Lipinski definition) is 9. The van der Waals surface area contributed by atoms with E-state index in [9.17, 15) is 9.59 Å². The summed E-state index contributed by atoms with van der Waals surface area (Å²) >= 11 is 0. The van der Waals surface area contributed by atoms with Crippen molar-refractivity contribution in [3.05, 3.63) is 77.2 Å². The molecule has 222 valence electrons. The number of nitrogens with zero attached hydrogens (tertiary/aromatic N) is 5. The average Bonchev–Trinajstić information content (AvgIpc) is 2.97. The SMILES string of the molecule is C=CC(=O)Nc1cc(Nc2ncc3c(C)cc(=O)n(-c4cccc(N)c4)c3n2)c(OC)cc1N(C)CCN(C)C.CC. The van der Waals surface area contributed by atoms with Crippen molar-refractivity contribution in [2.45, 2.75) is 20.8 Å². The van der Waals surface area contributed by atoms with E-state index in [-0.39, 0.29) is 17.4 Å². The zero-order valence-electron chi connectivity index (χ0n) is 25.4. The number of fused-ring (bicyclic) bond motifs is 1. The average molecular weight is 573 g/mol. The lowest BCUT2D eigenvalue weighted by molar-refractivity contribution is -0.111. The fourth-order valence-corrected chi connectivity index (χ4v) is 4.25. The number of aryl methyl sites for hydroxylation is 1. The van der Waals surface area contributed by atoms with Gasteiger partial charge in [-0.05, 0) is 56.9 Å². The van der Waals surface area contributed by atoms with Crippen LogP contribution in [0, 0.1) is 6.92 Å². The first-order chi connectivity index (χ1) is 20.1. The van der Waals surface area contributed by atoms with Gasteiger partial charge in [0.05, 0.1) is 29.9 Å². The first-order valence-electron chi connectivity index (χ1n) is 13.6. The van der Waals surface area contributed by atoms with Gasteiger partial charge in [-0.15, -0.1) is 0 Å². The van der Waals surface area contributed by atoms with Crippen molar-refractivity contribution in [1.29, 1.82) is 0 Å². The molecule has 4 aromatic rings. The summed E-state index contributed by atoms with van der Waals surface area (Å²) in [5.41, 5.74) is 9.90. The number of carbonyl (C=O) groups excluding carboxylic acids is 1. The fraction of sp³-hybridized carbons (Fsp3) is 0.290. The maximum atomic E-state index is 13.1. The summed E-state index contributed by atoms with van der Waals surface area (Å²) in [5.74, 6) is 0.412. The number of nitrogens with one attached hydrogen (secondary N) is 2. The molecule has 11 nitrogen and oxygen atoms in total. The Balaban J connectivity index is 0.00000237. The van der Waals surface area contributed by atoms with Crippen LogP contribution in [0.15, 0.2) is 66.1 Å². The Morgan fingerprint density at radius 3 is 2.50 bits per heavy atom. The number of anilines is 5. The number of pyridine rings is 1. The molecule has 0 spiro atoms. The summed E-state index contributed by atoms with van der Waals surface area (Å²) in [6.07, 6.45) is 2.88. The van der Waals surface area contributed by atoms with Gasteiger partial charge in [0, 0.05) is 49.5 Å². The third-order valence-corrected chi connectivity index (χ3v) is 6.40. The number of nitrogens with two attached hydrogens (primary N) is 1. The standard InChI is InChI=1S/C29H34N8O3.C2H6/c1-7-26(38)32-22-15-23(25(40-6)16-24(22)36(5)12-11-35(3)4)33-29-31-17-21-18(2)13-27(39)37(28(21)34-29)20-10-8-9-19(30)14-20;1-2/h7-10,13-17H,1,11-12,30H2,2-6H3,(H,32,38)(H,31,33,34);1-2H3. The predicted octanol–water partition coefficient (Wildman–Crippen LogP) is 4.57. The number of rotatable bonds is 10. The minimum absolute atomic E-state index is 0.239. The number of nitrogen functional groups attached to an aromatic ring is 1. The Labute approximate surface area is 246 Å². The largest absolute Gasteiger partial charge is 0.494 e. The summed E-state index contributed by atoms with van der Waals surface area (Å²) in [7, 11) is 7.51. The highest BCUT2D eigenvalue weighted by Gasteiger charge is 2.18. The van der Waals surface area contributed by atoms with Gasteiger partial charge in [-0.3, -0.25) is 14.2 Å². The Morgan fingerprint density at radius 1 is 1.12 bits per heavy atom. The molecule has 11 heteroatoms. The van der Waals surface area contributed by atoms with E-state index in [1.165, 1.54) is 10.6 Å². The second kappa shape index (κ2) is 14.1. The molecule has 0 bridgehead atoms. The lowest BCUT2D eigenvalue weighted by atomic mass is 10.2. The van der Waals surface area contributed by atoms with Crippen LogP contribution in [-0.2, 0) is 4.79 Å². The van der Waals surface area contributed by atoms with Gasteiger partial charge in [-0.1, -0.05) is 26.5 Å². The van der Waals surface area contributed by atoms with Gasteiger partial charge in [0.25, 0.3) is 5.56 Å². The van der Waals surface area contributed by atoms with E-state index in [1.807, 2.05) is 52.9 Å². The van der Waals surface area contributed by atoms with Crippen molar-refractivity contribution in [2.75, 3.05) is 62.6 Å². The van der Waals surface area contributed by atoms with E-state index >= 15 is 0 Å². The van der Waals surface area contributed by atoms with Crippen molar-refractivity contribution in [3.63, 3.8) is 0 Å². The van der Waals surface area contributed by atoms with Crippen LogP contribution < -0.4 is 31.6 Å². The van der Waals surface area contributed by atoms with Crippen molar-refractivity contribution >= 4 is 45.6 Å². The van der Waals surface area contributed by atoms with Gasteiger partial charge in [-0.2, -0.15) is 4.98 Å². The number of amides is 1. The Morgan fingerprint density at radius 2 is 1.86 bits per heavy atom. The number of benzene rings is 2. The molecule has 0 aliphatic heterocycles. The quantitative estimate of drug-likeness (QED) is 0.185. The van der Waals surface area contributed by atoms with Crippen molar-refractivity contribution in [3.8, 4) is 11.4 Å². The Hall–Kier alpha value is -4.90. The predicted molar refractivity (Wildman–Crippen MR) is 173 cm³/mol. The van der Waals surface area contributed by atoms with Gasteiger partial charge in [0.1, 0.15) is 5.75 Å². The molecule has 42 heavy (non-hydrogen) atoms. The van der Waals surface area contributed by atoms with Crippen molar-refractivity contribution in [1.82, 2.24) is 19.4 Å². The van der Waals surface area contributed by atoms with E-state index in [0.29, 0.717) is 40.7 Å². The summed E-state index contributed by atoms with van der Waals surface area (Å²) in [4.78, 5) is 38.7. The second-order valence-electron chi connectivity index (χ2n) is 9.64. The third-order valence-electron chi connectivity index (χ3n) is 6.40. The monoisotopic (exact) mass is 572 g/mol.